The minimum absolute atomic E-state index is 0.750. The van der Waals surface area contributed by atoms with E-state index in [4.69, 9.17) is 25.5 Å². The molecule has 5 N–H and O–H groups in total. The lowest BCUT2D eigenvalue weighted by atomic mass is 10.1. The van der Waals surface area contributed by atoms with Gasteiger partial charge in [-0.25, -0.2) is 0 Å². The van der Waals surface area contributed by atoms with Crippen LogP contribution in [0.3, 0.4) is 0 Å². The Balaban J connectivity index is 0. The molecule has 17 heavy (non-hydrogen) atoms. The highest BCUT2D eigenvalue weighted by Gasteiger charge is 2.28. The molecule has 0 aliphatic carbocycles. The second kappa shape index (κ2) is 10.1. The predicted molar refractivity (Wildman–Crippen MR) is 57.0 cm³/mol. The number of amides is 1. The predicted octanol–water partition coefficient (Wildman–Crippen LogP) is -3.67. The summed E-state index contributed by atoms with van der Waals surface area (Å²) >= 11 is 0. The third kappa shape index (κ3) is 8.72. The van der Waals surface area contributed by atoms with Crippen LogP contribution in [0.4, 0.5) is 0 Å². The lowest BCUT2D eigenvalue weighted by molar-refractivity contribution is -0.142. The number of aliphatic hydroxyl groups is 5. The van der Waals surface area contributed by atoms with Crippen LogP contribution in [0, 0.1) is 0 Å². The lowest BCUT2D eigenvalue weighted by Gasteiger charge is -2.19. The zero-order valence-electron chi connectivity index (χ0n) is 9.72. The van der Waals surface area contributed by atoms with Crippen molar-refractivity contribution in [1.82, 2.24) is 4.90 Å². The van der Waals surface area contributed by atoms with Crippen molar-refractivity contribution >= 4 is 12.2 Å². The van der Waals surface area contributed by atoms with Gasteiger partial charge in [-0.2, -0.15) is 0 Å². The van der Waals surface area contributed by atoms with Gasteiger partial charge in [0, 0.05) is 14.1 Å². The normalized spacial score (nSPS) is 15.0. The van der Waals surface area contributed by atoms with E-state index in [1.165, 1.54) is 4.90 Å². The van der Waals surface area contributed by atoms with Crippen LogP contribution in [-0.2, 0) is 9.59 Å². The maximum Gasteiger partial charge on any atom is 0.209 e. The zero-order valence-corrected chi connectivity index (χ0v) is 9.72. The van der Waals surface area contributed by atoms with E-state index in [9.17, 15) is 9.59 Å². The molecule has 0 aromatic rings. The molecule has 102 valence electrons. The molecule has 8 heteroatoms. The number of nitrogens with zero attached hydrogens (tertiary/aromatic N) is 1. The van der Waals surface area contributed by atoms with E-state index in [-0.39, 0.29) is 0 Å². The highest BCUT2D eigenvalue weighted by molar-refractivity contribution is 5.84. The van der Waals surface area contributed by atoms with Gasteiger partial charge in [0.2, 0.25) is 6.41 Å². The second-order valence-electron chi connectivity index (χ2n) is 3.38. The van der Waals surface area contributed by atoms with Crippen LogP contribution >= 0.6 is 0 Å². The first-order chi connectivity index (χ1) is 7.81. The van der Waals surface area contributed by atoms with Crippen molar-refractivity contribution in [2.24, 2.45) is 0 Å². The highest BCUT2D eigenvalue weighted by atomic mass is 16.4. The minimum Gasteiger partial charge on any atom is -0.394 e. The standard InChI is InChI=1S/C6H12O6.C3H7NO/c7-1-3(9)5(11)6(12)4(10)2-8;1-4(2)3-5/h3,5-9,11-12H,1-2H2;3H,1-2H3. The molecular formula is C9H19NO7. The Hall–Kier alpha value is -1.06. The van der Waals surface area contributed by atoms with Gasteiger partial charge >= 0.3 is 0 Å². The third-order valence-electron chi connectivity index (χ3n) is 1.60. The van der Waals surface area contributed by atoms with E-state index in [1.807, 2.05) is 0 Å². The maximum atomic E-state index is 10.5. The molecule has 3 atom stereocenters. The van der Waals surface area contributed by atoms with Crippen LogP contribution in [-0.4, -0.2) is 88.2 Å². The van der Waals surface area contributed by atoms with E-state index in [0.29, 0.717) is 0 Å². The molecule has 0 fully saturated rings. The molecule has 0 aromatic heterocycles. The van der Waals surface area contributed by atoms with E-state index in [2.05, 4.69) is 0 Å². The Morgan fingerprint density at radius 3 is 1.88 bits per heavy atom. The van der Waals surface area contributed by atoms with Crippen LogP contribution in [0.5, 0.6) is 0 Å². The van der Waals surface area contributed by atoms with E-state index >= 15 is 0 Å². The van der Waals surface area contributed by atoms with Crippen LogP contribution in [0.1, 0.15) is 0 Å². The molecule has 0 saturated carbocycles. The molecule has 0 heterocycles. The minimum atomic E-state index is -1.86. The maximum absolute atomic E-state index is 10.5. The fourth-order valence-electron chi connectivity index (χ4n) is 0.602. The number of aliphatic hydroxyl groups excluding tert-OH is 5. The number of hydrogen-bond donors (Lipinski definition) is 5. The van der Waals surface area contributed by atoms with Gasteiger partial charge in [0.1, 0.15) is 24.9 Å². The molecule has 0 spiro atoms. The first-order valence-electron chi connectivity index (χ1n) is 4.72. The van der Waals surface area contributed by atoms with Crippen LogP contribution < -0.4 is 0 Å². The summed E-state index contributed by atoms with van der Waals surface area (Å²) in [5, 5.41) is 43.1. The van der Waals surface area contributed by atoms with Gasteiger partial charge in [-0.15, -0.1) is 0 Å². The molecule has 0 aromatic carbocycles. The number of hydrogen-bond acceptors (Lipinski definition) is 7. The molecule has 0 aliphatic rings. The van der Waals surface area contributed by atoms with Gasteiger partial charge in [-0.1, -0.05) is 0 Å². The van der Waals surface area contributed by atoms with Crippen LogP contribution in [0.15, 0.2) is 0 Å². The first-order valence-corrected chi connectivity index (χ1v) is 4.72. The van der Waals surface area contributed by atoms with Crippen molar-refractivity contribution in [1.29, 1.82) is 0 Å². The second-order valence-corrected chi connectivity index (χ2v) is 3.38. The van der Waals surface area contributed by atoms with E-state index in [1.54, 1.807) is 14.1 Å². The Morgan fingerprint density at radius 2 is 1.65 bits per heavy atom. The summed E-state index contributed by atoms with van der Waals surface area (Å²) in [7, 11) is 3.38. The van der Waals surface area contributed by atoms with Crippen molar-refractivity contribution in [2.45, 2.75) is 18.3 Å². The van der Waals surface area contributed by atoms with Gasteiger partial charge < -0.3 is 30.4 Å². The summed E-state index contributed by atoms with van der Waals surface area (Å²) in [5.74, 6) is -1.00. The Morgan fingerprint density at radius 1 is 1.24 bits per heavy atom. The van der Waals surface area contributed by atoms with Crippen molar-refractivity contribution in [2.75, 3.05) is 27.3 Å². The molecule has 1 amide bonds. The van der Waals surface area contributed by atoms with Gasteiger partial charge in [0.15, 0.2) is 5.78 Å². The number of Topliss-reactive ketones (excluding diaryl/α,β-unsaturated/α-hetero) is 1. The summed E-state index contributed by atoms with van der Waals surface area (Å²) in [6.07, 6.45) is -4.47. The lowest BCUT2D eigenvalue weighted by Crippen LogP contribution is -2.44. The van der Waals surface area contributed by atoms with E-state index < -0.39 is 37.3 Å². The number of carbonyl (C=O) groups is 2. The van der Waals surface area contributed by atoms with Gasteiger partial charge in [-0.05, 0) is 0 Å². The van der Waals surface area contributed by atoms with Crippen LogP contribution in [0.2, 0.25) is 0 Å². The number of carbonyl (C=O) groups excluding carboxylic acids is 2. The quantitative estimate of drug-likeness (QED) is 0.307. The summed E-state index contributed by atoms with van der Waals surface area (Å²) in [5.41, 5.74) is 0. The average Bonchev–Trinajstić information content (AvgIpc) is 2.35. The van der Waals surface area contributed by atoms with Gasteiger partial charge in [-0.3, -0.25) is 9.59 Å². The molecule has 0 bridgehead atoms. The van der Waals surface area contributed by atoms with Crippen molar-refractivity contribution in [3.05, 3.63) is 0 Å². The molecule has 0 radical (unpaired) electrons. The highest BCUT2D eigenvalue weighted by Crippen LogP contribution is 2.00. The topological polar surface area (TPSA) is 139 Å². The molecule has 8 nitrogen and oxygen atoms in total. The molecule has 3 unspecified atom stereocenters. The van der Waals surface area contributed by atoms with Crippen molar-refractivity contribution in [3.63, 3.8) is 0 Å². The first kappa shape index (κ1) is 18.3. The summed E-state index contributed by atoms with van der Waals surface area (Å²) in [6.45, 7) is -1.69. The summed E-state index contributed by atoms with van der Waals surface area (Å²) < 4.78 is 0. The van der Waals surface area contributed by atoms with Gasteiger partial charge in [0.05, 0.1) is 6.61 Å². The molecule has 0 saturated heterocycles. The monoisotopic (exact) mass is 253 g/mol. The third-order valence-corrected chi connectivity index (χ3v) is 1.60. The Kier molecular flexibility index (Phi) is 10.9. The number of rotatable bonds is 6. The SMILES string of the molecule is CN(C)C=O.O=C(CO)C(O)C(O)C(O)CO. The average molecular weight is 253 g/mol. The Bertz CT molecular complexity index is 221. The largest absolute Gasteiger partial charge is 0.394 e. The smallest absolute Gasteiger partial charge is 0.209 e. The molecule has 0 aliphatic heterocycles. The van der Waals surface area contributed by atoms with Crippen LogP contribution in [0.25, 0.3) is 0 Å². The number of ketones is 1. The van der Waals surface area contributed by atoms with Crippen molar-refractivity contribution < 1.29 is 35.1 Å². The van der Waals surface area contributed by atoms with E-state index in [0.717, 1.165) is 6.41 Å². The summed E-state index contributed by atoms with van der Waals surface area (Å²) in [6, 6.07) is 0. The molecule has 0 rings (SSSR count). The van der Waals surface area contributed by atoms with Crippen molar-refractivity contribution in [3.8, 4) is 0 Å². The Labute approximate surface area is 98.7 Å². The summed E-state index contributed by atoms with van der Waals surface area (Å²) in [4.78, 5) is 21.4. The zero-order chi connectivity index (χ0) is 14.0. The fraction of sp³-hybridized carbons (Fsp3) is 0.778. The van der Waals surface area contributed by atoms with Gasteiger partial charge in [0.25, 0.3) is 0 Å². The molecular weight excluding hydrogens is 234 g/mol. The fourth-order valence-corrected chi connectivity index (χ4v) is 0.602.